The Labute approximate surface area is 198 Å². The van der Waals surface area contributed by atoms with Crippen molar-refractivity contribution in [3.05, 3.63) is 81.3 Å². The topological polar surface area (TPSA) is 80.3 Å². The number of rotatable bonds is 7. The summed E-state index contributed by atoms with van der Waals surface area (Å²) in [7, 11) is 0. The average molecular weight is 464 g/mol. The van der Waals surface area contributed by atoms with Crippen LogP contribution < -0.4 is 15.4 Å². The van der Waals surface area contributed by atoms with Crippen LogP contribution in [0.5, 0.6) is 5.75 Å². The van der Waals surface area contributed by atoms with Gasteiger partial charge in [0.1, 0.15) is 23.1 Å². The van der Waals surface area contributed by atoms with E-state index in [2.05, 4.69) is 15.6 Å². The van der Waals surface area contributed by atoms with Crippen molar-refractivity contribution in [1.29, 1.82) is 0 Å². The van der Waals surface area contributed by atoms with E-state index in [1.54, 1.807) is 5.38 Å². The molecule has 0 unspecified atom stereocenters. The minimum atomic E-state index is -0.214. The van der Waals surface area contributed by atoms with Gasteiger partial charge in [-0.25, -0.2) is 4.98 Å². The maximum absolute atomic E-state index is 12.9. The molecule has 3 aromatic rings. The average Bonchev–Trinajstić information content (AvgIpc) is 3.30. The Morgan fingerprint density at radius 3 is 2.12 bits per heavy atom. The van der Waals surface area contributed by atoms with Gasteiger partial charge < -0.3 is 15.4 Å². The van der Waals surface area contributed by atoms with Crippen molar-refractivity contribution in [2.75, 3.05) is 0 Å². The molecule has 1 heterocycles. The van der Waals surface area contributed by atoms with Gasteiger partial charge in [0.25, 0.3) is 11.8 Å². The third kappa shape index (κ3) is 6.20. The molecular weight excluding hydrogens is 434 g/mol. The molecule has 0 spiro atoms. The van der Waals surface area contributed by atoms with Crippen LogP contribution in [0.4, 0.5) is 0 Å². The molecule has 1 aromatic heterocycles. The van der Waals surface area contributed by atoms with E-state index in [0.717, 1.165) is 42.0 Å². The highest BCUT2D eigenvalue weighted by molar-refractivity contribution is 7.09. The van der Waals surface area contributed by atoms with Gasteiger partial charge in [-0.15, -0.1) is 11.3 Å². The lowest BCUT2D eigenvalue weighted by atomic mass is 9.90. The van der Waals surface area contributed by atoms with Crippen LogP contribution in [-0.4, -0.2) is 28.9 Å². The summed E-state index contributed by atoms with van der Waals surface area (Å²) in [5.74, 6) is 0.454. The number of hydrogen-bond acceptors (Lipinski definition) is 5. The van der Waals surface area contributed by atoms with Gasteiger partial charge in [0.05, 0.1) is 0 Å². The maximum Gasteiger partial charge on any atom is 0.271 e. The smallest absolute Gasteiger partial charge is 0.271 e. The second-order valence-corrected chi connectivity index (χ2v) is 9.48. The Morgan fingerprint density at radius 1 is 0.909 bits per heavy atom. The number of aryl methyl sites for hydroxylation is 2. The summed E-state index contributed by atoms with van der Waals surface area (Å²) in [6, 6.07) is 15.1. The number of carbonyl (C=O) groups excluding carboxylic acids is 2. The van der Waals surface area contributed by atoms with Crippen LogP contribution in [-0.2, 0) is 6.61 Å². The molecule has 6 nitrogen and oxygen atoms in total. The number of nitrogens with zero attached hydrogens (tertiary/aromatic N) is 1. The molecule has 172 valence electrons. The summed E-state index contributed by atoms with van der Waals surface area (Å²) in [5, 5.41) is 8.71. The highest BCUT2D eigenvalue weighted by atomic mass is 32.1. The molecule has 2 atom stereocenters. The first-order valence-electron chi connectivity index (χ1n) is 11.3. The van der Waals surface area contributed by atoms with Gasteiger partial charge in [-0.1, -0.05) is 48.2 Å². The predicted octanol–water partition coefficient (Wildman–Crippen LogP) is 4.81. The number of aromatic nitrogens is 1. The van der Waals surface area contributed by atoms with Gasteiger partial charge in [0, 0.05) is 23.0 Å². The number of carbonyl (C=O) groups is 2. The van der Waals surface area contributed by atoms with E-state index < -0.39 is 0 Å². The molecule has 2 aromatic carbocycles. The highest BCUT2D eigenvalue weighted by Gasteiger charge is 2.29. The molecule has 1 fully saturated rings. The zero-order chi connectivity index (χ0) is 23.2. The summed E-state index contributed by atoms with van der Waals surface area (Å²) in [6.07, 6.45) is 3.73. The normalized spacial score (nSPS) is 17.9. The Hall–Kier alpha value is -3.19. The summed E-state index contributed by atoms with van der Waals surface area (Å²) in [4.78, 5) is 30.0. The van der Waals surface area contributed by atoms with Crippen LogP contribution in [0.1, 0.15) is 62.7 Å². The first kappa shape index (κ1) is 23.0. The number of benzene rings is 2. The Kier molecular flexibility index (Phi) is 7.40. The number of nitrogens with one attached hydrogen (secondary N) is 2. The molecule has 2 N–H and O–H groups in total. The third-order valence-electron chi connectivity index (χ3n) is 5.88. The molecule has 1 aliphatic rings. The molecule has 33 heavy (non-hydrogen) atoms. The molecule has 0 bridgehead atoms. The summed E-state index contributed by atoms with van der Waals surface area (Å²) in [6.45, 7) is 4.34. The van der Waals surface area contributed by atoms with Crippen molar-refractivity contribution in [2.45, 2.75) is 58.2 Å². The lowest BCUT2D eigenvalue weighted by Crippen LogP contribution is -2.53. The highest BCUT2D eigenvalue weighted by Crippen LogP contribution is 2.21. The zero-order valence-corrected chi connectivity index (χ0v) is 19.8. The van der Waals surface area contributed by atoms with E-state index >= 15 is 0 Å². The van der Waals surface area contributed by atoms with Crippen LogP contribution in [0.15, 0.2) is 53.9 Å². The van der Waals surface area contributed by atoms with E-state index in [1.807, 2.05) is 62.4 Å². The molecule has 1 saturated carbocycles. The SMILES string of the molecule is Cc1ccc(OCc2nc(C(=O)N[C@H]3CCCC[C@H]3NC(=O)c3ccc(C)cc3)cs2)cc1. The zero-order valence-electron chi connectivity index (χ0n) is 19.0. The quantitative estimate of drug-likeness (QED) is 0.527. The fourth-order valence-corrected chi connectivity index (χ4v) is 4.62. The number of amides is 2. The van der Waals surface area contributed by atoms with E-state index in [0.29, 0.717) is 17.9 Å². The predicted molar refractivity (Wildman–Crippen MR) is 130 cm³/mol. The second-order valence-electron chi connectivity index (χ2n) is 8.54. The molecule has 1 aliphatic carbocycles. The molecule has 4 rings (SSSR count). The van der Waals surface area contributed by atoms with Crippen LogP contribution in [0.3, 0.4) is 0 Å². The Morgan fingerprint density at radius 2 is 1.48 bits per heavy atom. The monoisotopic (exact) mass is 463 g/mol. The summed E-state index contributed by atoms with van der Waals surface area (Å²) < 4.78 is 5.77. The molecular formula is C26H29N3O3S. The van der Waals surface area contributed by atoms with Crippen LogP contribution in [0.2, 0.25) is 0 Å². The van der Waals surface area contributed by atoms with Crippen LogP contribution in [0, 0.1) is 13.8 Å². The van der Waals surface area contributed by atoms with E-state index in [9.17, 15) is 9.59 Å². The van der Waals surface area contributed by atoms with Crippen LogP contribution in [0.25, 0.3) is 0 Å². The molecule has 0 aliphatic heterocycles. The summed E-state index contributed by atoms with van der Waals surface area (Å²) >= 11 is 1.41. The van der Waals surface area contributed by atoms with E-state index in [-0.39, 0.29) is 23.9 Å². The molecule has 0 radical (unpaired) electrons. The van der Waals surface area contributed by atoms with Crippen molar-refractivity contribution < 1.29 is 14.3 Å². The first-order chi connectivity index (χ1) is 16.0. The number of hydrogen-bond donors (Lipinski definition) is 2. The van der Waals surface area contributed by atoms with Crippen LogP contribution >= 0.6 is 11.3 Å². The maximum atomic E-state index is 12.9. The number of thiazole rings is 1. The van der Waals surface area contributed by atoms with Gasteiger partial charge >= 0.3 is 0 Å². The van der Waals surface area contributed by atoms with E-state index in [4.69, 9.17) is 4.74 Å². The van der Waals surface area contributed by atoms with Crippen molar-refractivity contribution in [3.63, 3.8) is 0 Å². The van der Waals surface area contributed by atoms with Gasteiger partial charge in [-0.05, 0) is 51.0 Å². The fraction of sp³-hybridized carbons (Fsp3) is 0.346. The molecule has 7 heteroatoms. The Balaban J connectivity index is 1.33. The van der Waals surface area contributed by atoms with Gasteiger partial charge in [0.2, 0.25) is 0 Å². The van der Waals surface area contributed by atoms with Crippen molar-refractivity contribution in [1.82, 2.24) is 15.6 Å². The van der Waals surface area contributed by atoms with Gasteiger partial charge in [-0.2, -0.15) is 0 Å². The first-order valence-corrected chi connectivity index (χ1v) is 12.2. The minimum Gasteiger partial charge on any atom is -0.486 e. The van der Waals surface area contributed by atoms with Gasteiger partial charge in [0.15, 0.2) is 0 Å². The minimum absolute atomic E-state index is 0.0977. The number of ether oxygens (including phenoxy) is 1. The molecule has 0 saturated heterocycles. The molecule has 2 amide bonds. The van der Waals surface area contributed by atoms with Crippen molar-refractivity contribution >= 4 is 23.2 Å². The second kappa shape index (κ2) is 10.6. The van der Waals surface area contributed by atoms with E-state index in [1.165, 1.54) is 16.9 Å². The van der Waals surface area contributed by atoms with Gasteiger partial charge in [-0.3, -0.25) is 9.59 Å². The largest absolute Gasteiger partial charge is 0.486 e. The Bertz CT molecular complexity index is 1090. The fourth-order valence-electron chi connectivity index (χ4n) is 3.94. The van der Waals surface area contributed by atoms with Crippen molar-refractivity contribution in [2.24, 2.45) is 0 Å². The third-order valence-corrected chi connectivity index (χ3v) is 6.70. The standard InChI is InChI=1S/C26H29N3O3S/c1-17-7-11-19(12-8-17)25(30)28-21-5-3-4-6-22(21)29-26(31)23-16-33-24(27-23)15-32-20-13-9-18(2)10-14-20/h7-14,16,21-22H,3-6,15H2,1-2H3,(H,28,30)(H,29,31)/t21-,22+/m1/s1. The summed E-state index contributed by atoms with van der Waals surface area (Å²) in [5.41, 5.74) is 3.30. The lowest BCUT2D eigenvalue weighted by Gasteiger charge is -2.32. The lowest BCUT2D eigenvalue weighted by molar-refractivity contribution is 0.0860. The van der Waals surface area contributed by atoms with Crippen molar-refractivity contribution in [3.8, 4) is 5.75 Å².